The van der Waals surface area contributed by atoms with Gasteiger partial charge in [-0.1, -0.05) is 27.4 Å². The van der Waals surface area contributed by atoms with E-state index >= 15 is 0 Å². The zero-order chi connectivity index (χ0) is 13.9. The van der Waals surface area contributed by atoms with E-state index in [1.54, 1.807) is 0 Å². The molecule has 1 spiro atoms. The molecular formula is C17H26O2. The lowest BCUT2D eigenvalue weighted by Crippen LogP contribution is -2.31. The van der Waals surface area contributed by atoms with Crippen molar-refractivity contribution in [1.82, 2.24) is 0 Å². The summed E-state index contributed by atoms with van der Waals surface area (Å²) in [5.74, 6) is 3.65. The molecule has 3 fully saturated rings. The summed E-state index contributed by atoms with van der Waals surface area (Å²) in [6.07, 6.45) is 3.72. The number of carbonyl (C=O) groups excluding carboxylic acids is 1. The highest BCUT2D eigenvalue weighted by molar-refractivity contribution is 5.66. The van der Waals surface area contributed by atoms with E-state index in [-0.39, 0.29) is 12.1 Å². The Morgan fingerprint density at radius 1 is 1.42 bits per heavy atom. The molecule has 3 saturated carbocycles. The second kappa shape index (κ2) is 4.10. The van der Waals surface area contributed by atoms with Gasteiger partial charge in [0, 0.05) is 6.92 Å². The van der Waals surface area contributed by atoms with Crippen LogP contribution in [0.4, 0.5) is 0 Å². The molecule has 0 N–H and O–H groups in total. The van der Waals surface area contributed by atoms with E-state index in [0.29, 0.717) is 11.3 Å². The van der Waals surface area contributed by atoms with Crippen molar-refractivity contribution >= 4 is 5.97 Å². The third kappa shape index (κ3) is 1.64. The molecule has 6 unspecified atom stereocenters. The fourth-order valence-corrected chi connectivity index (χ4v) is 5.42. The molecule has 3 aliphatic carbocycles. The quantitative estimate of drug-likeness (QED) is 0.558. The summed E-state index contributed by atoms with van der Waals surface area (Å²) in [5.41, 5.74) is 1.63. The van der Waals surface area contributed by atoms with Crippen molar-refractivity contribution in [2.75, 3.05) is 0 Å². The van der Waals surface area contributed by atoms with Gasteiger partial charge in [-0.3, -0.25) is 4.79 Å². The highest BCUT2D eigenvalue weighted by atomic mass is 16.5. The number of carbonyl (C=O) groups is 1. The number of hydrogen-bond acceptors (Lipinski definition) is 2. The molecule has 106 valence electrons. The Bertz CT molecular complexity index is 425. The molecule has 19 heavy (non-hydrogen) atoms. The second-order valence-electron chi connectivity index (χ2n) is 7.38. The van der Waals surface area contributed by atoms with Gasteiger partial charge in [0.25, 0.3) is 0 Å². The number of hydrogen-bond donors (Lipinski definition) is 0. The Morgan fingerprint density at radius 2 is 2.11 bits per heavy atom. The molecule has 0 aromatic carbocycles. The van der Waals surface area contributed by atoms with E-state index in [4.69, 9.17) is 4.74 Å². The first-order valence-corrected chi connectivity index (χ1v) is 7.75. The van der Waals surface area contributed by atoms with Gasteiger partial charge in [-0.2, -0.15) is 0 Å². The van der Waals surface area contributed by atoms with Crippen molar-refractivity contribution in [3.63, 3.8) is 0 Å². The van der Waals surface area contributed by atoms with E-state index in [0.717, 1.165) is 30.1 Å². The molecule has 0 bridgehead atoms. The summed E-state index contributed by atoms with van der Waals surface area (Å²) >= 11 is 0. The molecule has 0 heterocycles. The van der Waals surface area contributed by atoms with Crippen molar-refractivity contribution in [2.45, 2.75) is 53.1 Å². The number of esters is 1. The van der Waals surface area contributed by atoms with Gasteiger partial charge in [0.2, 0.25) is 0 Å². The zero-order valence-corrected chi connectivity index (χ0v) is 12.6. The highest BCUT2D eigenvalue weighted by Gasteiger charge is 2.75. The van der Waals surface area contributed by atoms with E-state index in [9.17, 15) is 4.79 Å². The maximum atomic E-state index is 11.2. The first-order valence-electron chi connectivity index (χ1n) is 7.75. The number of rotatable bonds is 2. The Morgan fingerprint density at radius 3 is 2.68 bits per heavy atom. The van der Waals surface area contributed by atoms with Gasteiger partial charge in [-0.25, -0.2) is 0 Å². The predicted molar refractivity (Wildman–Crippen MR) is 75.5 cm³/mol. The Hall–Kier alpha value is -0.790. The lowest BCUT2D eigenvalue weighted by molar-refractivity contribution is -0.145. The fraction of sp³-hybridized carbons (Fsp3) is 0.824. The minimum absolute atomic E-state index is 0.00730. The predicted octanol–water partition coefficient (Wildman–Crippen LogP) is 3.81. The lowest BCUT2D eigenvalue weighted by atomic mass is 9.69. The second-order valence-corrected chi connectivity index (χ2v) is 7.38. The molecule has 3 rings (SSSR count). The van der Waals surface area contributed by atoms with Crippen LogP contribution in [0.1, 0.15) is 47.0 Å². The number of fused-ring (bicyclic) bond motifs is 1. The van der Waals surface area contributed by atoms with Crippen LogP contribution in [0.15, 0.2) is 12.2 Å². The van der Waals surface area contributed by atoms with Crippen LogP contribution < -0.4 is 0 Å². The average Bonchev–Trinajstić information content (AvgIpc) is 2.89. The third-order valence-electron chi connectivity index (χ3n) is 6.28. The zero-order valence-electron chi connectivity index (χ0n) is 12.6. The molecule has 6 atom stereocenters. The summed E-state index contributed by atoms with van der Waals surface area (Å²) in [7, 11) is 0. The van der Waals surface area contributed by atoms with Crippen LogP contribution in [0.2, 0.25) is 0 Å². The number of ether oxygens (including phenoxy) is 1. The standard InChI is InChI=1S/C17H26O2/c1-9(2)13-7-6-10(3)17-8-14(19-12(5)18)11(4)15(17)16(13)17/h9-10,13-16H,4,6-8H2,1-3,5H3. The topological polar surface area (TPSA) is 26.3 Å². The largest absolute Gasteiger partial charge is 0.458 e. The summed E-state index contributed by atoms with van der Waals surface area (Å²) < 4.78 is 5.47. The van der Waals surface area contributed by atoms with Gasteiger partial charge in [0.1, 0.15) is 6.10 Å². The Labute approximate surface area is 116 Å². The van der Waals surface area contributed by atoms with Crippen LogP contribution in [0.25, 0.3) is 0 Å². The van der Waals surface area contributed by atoms with Crippen LogP contribution in [-0.2, 0) is 9.53 Å². The fourth-order valence-electron chi connectivity index (χ4n) is 5.42. The van der Waals surface area contributed by atoms with E-state index in [1.807, 2.05) is 0 Å². The van der Waals surface area contributed by atoms with Crippen molar-refractivity contribution < 1.29 is 9.53 Å². The maximum Gasteiger partial charge on any atom is 0.303 e. The van der Waals surface area contributed by atoms with Crippen molar-refractivity contribution in [3.8, 4) is 0 Å². The Kier molecular flexibility index (Phi) is 2.85. The average molecular weight is 262 g/mol. The molecule has 0 aliphatic heterocycles. The van der Waals surface area contributed by atoms with Crippen molar-refractivity contribution in [3.05, 3.63) is 12.2 Å². The summed E-state index contributed by atoms with van der Waals surface area (Å²) in [5, 5.41) is 0. The molecule has 2 heteroatoms. The maximum absolute atomic E-state index is 11.2. The van der Waals surface area contributed by atoms with Gasteiger partial charge in [0.15, 0.2) is 0 Å². The molecule has 0 aromatic rings. The smallest absolute Gasteiger partial charge is 0.303 e. The minimum Gasteiger partial charge on any atom is -0.458 e. The molecule has 3 aliphatic rings. The monoisotopic (exact) mass is 262 g/mol. The molecule has 2 nitrogen and oxygen atoms in total. The van der Waals surface area contributed by atoms with Crippen LogP contribution in [0.5, 0.6) is 0 Å². The minimum atomic E-state index is -0.163. The van der Waals surface area contributed by atoms with E-state index < -0.39 is 0 Å². The first kappa shape index (κ1) is 13.2. The van der Waals surface area contributed by atoms with Crippen LogP contribution in [0, 0.1) is 35.0 Å². The van der Waals surface area contributed by atoms with Crippen molar-refractivity contribution in [2.24, 2.45) is 35.0 Å². The van der Waals surface area contributed by atoms with Gasteiger partial charge in [-0.05, 0) is 59.8 Å². The summed E-state index contributed by atoms with van der Waals surface area (Å²) in [6, 6.07) is 0. The highest BCUT2D eigenvalue weighted by Crippen LogP contribution is 2.79. The Balaban J connectivity index is 1.83. The lowest BCUT2D eigenvalue weighted by Gasteiger charge is -2.36. The summed E-state index contributed by atoms with van der Waals surface area (Å²) in [4.78, 5) is 11.2. The van der Waals surface area contributed by atoms with E-state index in [1.165, 1.54) is 25.3 Å². The molecule has 0 amide bonds. The molecule has 0 radical (unpaired) electrons. The van der Waals surface area contributed by atoms with E-state index in [2.05, 4.69) is 27.4 Å². The van der Waals surface area contributed by atoms with Crippen LogP contribution >= 0.6 is 0 Å². The normalized spacial score (nSPS) is 47.8. The SMILES string of the molecule is C=C1C(OC(C)=O)CC23C(C)CCC(C(C)C)C2C13. The molecular weight excluding hydrogens is 236 g/mol. The van der Waals surface area contributed by atoms with Crippen LogP contribution in [0.3, 0.4) is 0 Å². The molecule has 0 aromatic heterocycles. The van der Waals surface area contributed by atoms with Crippen molar-refractivity contribution in [1.29, 1.82) is 0 Å². The van der Waals surface area contributed by atoms with Gasteiger partial charge in [-0.15, -0.1) is 0 Å². The van der Waals surface area contributed by atoms with Gasteiger partial charge in [0.05, 0.1) is 0 Å². The van der Waals surface area contributed by atoms with Gasteiger partial charge >= 0.3 is 5.97 Å². The van der Waals surface area contributed by atoms with Crippen LogP contribution in [-0.4, -0.2) is 12.1 Å². The third-order valence-corrected chi connectivity index (χ3v) is 6.28. The summed E-state index contributed by atoms with van der Waals surface area (Å²) in [6.45, 7) is 12.9. The first-order chi connectivity index (χ1) is 8.89. The van der Waals surface area contributed by atoms with Gasteiger partial charge < -0.3 is 4.74 Å². The molecule has 0 saturated heterocycles.